The Morgan fingerprint density at radius 2 is 1.63 bits per heavy atom. The molecule has 0 saturated heterocycles. The molecule has 3 heterocycles. The SMILES string of the molecule is CCCn1c(=O)c2c(nc(Cc3ccncc3)n2CCN(CC)CCO)n(CCc2ccc(Cl)cc2)c1=O. The quantitative estimate of drug-likeness (QED) is 0.281. The number of halogens is 1. The van der Waals surface area contributed by atoms with E-state index in [1.54, 1.807) is 17.0 Å². The second-order valence-corrected chi connectivity index (χ2v) is 9.75. The molecule has 0 saturated carbocycles. The topological polar surface area (TPSA) is 98.2 Å². The first-order valence-corrected chi connectivity index (χ1v) is 13.5. The number of aliphatic hydroxyl groups excluding tert-OH is 1. The molecule has 0 aliphatic rings. The lowest BCUT2D eigenvalue weighted by atomic mass is 10.1. The molecular formula is C28H35ClN6O3. The first-order chi connectivity index (χ1) is 18.5. The summed E-state index contributed by atoms with van der Waals surface area (Å²) in [6.45, 7) is 7.27. The Bertz CT molecular complexity index is 1460. The van der Waals surface area contributed by atoms with E-state index in [1.165, 1.54) is 4.57 Å². The predicted molar refractivity (Wildman–Crippen MR) is 150 cm³/mol. The van der Waals surface area contributed by atoms with Gasteiger partial charge in [0.05, 0.1) is 6.61 Å². The molecule has 9 nitrogen and oxygen atoms in total. The number of hydrogen-bond donors (Lipinski definition) is 1. The fourth-order valence-corrected chi connectivity index (χ4v) is 4.85. The number of nitrogens with zero attached hydrogens (tertiary/aromatic N) is 6. The maximum atomic E-state index is 13.7. The van der Waals surface area contributed by atoms with Crippen LogP contribution in [0.5, 0.6) is 0 Å². The largest absolute Gasteiger partial charge is 0.395 e. The van der Waals surface area contributed by atoms with Crippen LogP contribution in [0.3, 0.4) is 0 Å². The summed E-state index contributed by atoms with van der Waals surface area (Å²) in [6.07, 6.45) is 5.23. The molecule has 0 amide bonds. The second-order valence-electron chi connectivity index (χ2n) is 9.31. The van der Waals surface area contributed by atoms with Gasteiger partial charge in [-0.05, 0) is 54.8 Å². The third-order valence-corrected chi connectivity index (χ3v) is 7.04. The van der Waals surface area contributed by atoms with Crippen LogP contribution >= 0.6 is 11.6 Å². The van der Waals surface area contributed by atoms with Gasteiger partial charge in [-0.25, -0.2) is 9.78 Å². The zero-order valence-corrected chi connectivity index (χ0v) is 22.8. The van der Waals surface area contributed by atoms with E-state index in [0.717, 1.165) is 23.5 Å². The summed E-state index contributed by atoms with van der Waals surface area (Å²) in [6, 6.07) is 11.4. The summed E-state index contributed by atoms with van der Waals surface area (Å²) < 4.78 is 4.94. The Kier molecular flexibility index (Phi) is 9.49. The van der Waals surface area contributed by atoms with Gasteiger partial charge in [-0.1, -0.05) is 37.6 Å². The fraction of sp³-hybridized carbons (Fsp3) is 0.429. The number of rotatable bonds is 13. The van der Waals surface area contributed by atoms with E-state index in [-0.39, 0.29) is 17.9 Å². The van der Waals surface area contributed by atoms with Crippen LogP contribution in [0.4, 0.5) is 0 Å². The molecule has 38 heavy (non-hydrogen) atoms. The van der Waals surface area contributed by atoms with Crippen LogP contribution < -0.4 is 11.2 Å². The Morgan fingerprint density at radius 1 is 0.895 bits per heavy atom. The van der Waals surface area contributed by atoms with E-state index in [0.29, 0.717) is 68.2 Å². The lowest BCUT2D eigenvalue weighted by Crippen LogP contribution is -2.41. The molecule has 0 atom stereocenters. The molecule has 4 rings (SSSR count). The highest BCUT2D eigenvalue weighted by atomic mass is 35.5. The molecule has 10 heteroatoms. The van der Waals surface area contributed by atoms with Crippen molar-refractivity contribution in [2.75, 3.05) is 26.2 Å². The van der Waals surface area contributed by atoms with E-state index >= 15 is 0 Å². The van der Waals surface area contributed by atoms with Crippen molar-refractivity contribution >= 4 is 22.8 Å². The second kappa shape index (κ2) is 13.0. The average Bonchev–Trinajstić information content (AvgIpc) is 3.28. The molecular weight excluding hydrogens is 504 g/mol. The van der Waals surface area contributed by atoms with Crippen molar-refractivity contribution in [3.63, 3.8) is 0 Å². The van der Waals surface area contributed by atoms with E-state index in [4.69, 9.17) is 16.6 Å². The molecule has 0 spiro atoms. The Labute approximate surface area is 227 Å². The lowest BCUT2D eigenvalue weighted by Gasteiger charge is -2.20. The Morgan fingerprint density at radius 3 is 2.29 bits per heavy atom. The van der Waals surface area contributed by atoms with Crippen molar-refractivity contribution in [3.8, 4) is 0 Å². The molecule has 0 bridgehead atoms. The smallest absolute Gasteiger partial charge is 0.332 e. The molecule has 0 fully saturated rings. The minimum Gasteiger partial charge on any atom is -0.395 e. The molecule has 0 aliphatic carbocycles. The number of pyridine rings is 1. The van der Waals surface area contributed by atoms with Gasteiger partial charge in [-0.15, -0.1) is 0 Å². The summed E-state index contributed by atoms with van der Waals surface area (Å²) in [5.41, 5.74) is 2.26. The van der Waals surface area contributed by atoms with Gasteiger partial charge in [0.25, 0.3) is 5.56 Å². The van der Waals surface area contributed by atoms with Crippen LogP contribution in [0.25, 0.3) is 11.2 Å². The zero-order valence-electron chi connectivity index (χ0n) is 22.0. The van der Waals surface area contributed by atoms with Gasteiger partial charge in [-0.3, -0.25) is 23.8 Å². The first kappa shape index (κ1) is 27.8. The minimum atomic E-state index is -0.339. The third-order valence-electron chi connectivity index (χ3n) is 6.79. The Hall–Kier alpha value is -3.27. The molecule has 1 aromatic carbocycles. The molecule has 0 radical (unpaired) electrons. The van der Waals surface area contributed by atoms with Gasteiger partial charge in [0.15, 0.2) is 11.2 Å². The number of aromatic nitrogens is 5. The molecule has 1 N–H and O–H groups in total. The van der Waals surface area contributed by atoms with Crippen molar-refractivity contribution in [3.05, 3.63) is 91.6 Å². The number of imidazole rings is 1. The van der Waals surface area contributed by atoms with Crippen LogP contribution in [-0.2, 0) is 32.5 Å². The highest BCUT2D eigenvalue weighted by Gasteiger charge is 2.22. The molecule has 202 valence electrons. The third kappa shape index (κ3) is 6.23. The van der Waals surface area contributed by atoms with Crippen LogP contribution in [0.15, 0.2) is 58.4 Å². The predicted octanol–water partition coefficient (Wildman–Crippen LogP) is 2.97. The molecule has 4 aromatic rings. The normalized spacial score (nSPS) is 11.6. The van der Waals surface area contributed by atoms with Crippen LogP contribution in [0.2, 0.25) is 5.02 Å². The number of aryl methyl sites for hydroxylation is 2. The number of hydrogen-bond acceptors (Lipinski definition) is 6. The zero-order chi connectivity index (χ0) is 27.1. The average molecular weight is 539 g/mol. The summed E-state index contributed by atoms with van der Waals surface area (Å²) in [4.78, 5) is 38.4. The summed E-state index contributed by atoms with van der Waals surface area (Å²) >= 11 is 6.05. The highest BCUT2D eigenvalue weighted by Crippen LogP contribution is 2.17. The van der Waals surface area contributed by atoms with Gasteiger partial charge in [0, 0.05) is 56.6 Å². The number of benzene rings is 1. The van der Waals surface area contributed by atoms with Crippen molar-refractivity contribution in [2.24, 2.45) is 0 Å². The fourth-order valence-electron chi connectivity index (χ4n) is 4.72. The van der Waals surface area contributed by atoms with E-state index in [2.05, 4.69) is 9.88 Å². The summed E-state index contributed by atoms with van der Waals surface area (Å²) in [7, 11) is 0. The Balaban J connectivity index is 1.85. The monoisotopic (exact) mass is 538 g/mol. The van der Waals surface area contributed by atoms with Gasteiger partial charge < -0.3 is 9.67 Å². The molecule has 3 aromatic heterocycles. The number of aliphatic hydroxyl groups is 1. The van der Waals surface area contributed by atoms with Crippen molar-refractivity contribution in [2.45, 2.75) is 52.7 Å². The van der Waals surface area contributed by atoms with E-state index in [9.17, 15) is 14.7 Å². The van der Waals surface area contributed by atoms with E-state index < -0.39 is 0 Å². The maximum Gasteiger partial charge on any atom is 0.332 e. The van der Waals surface area contributed by atoms with Gasteiger partial charge in [0.1, 0.15) is 5.82 Å². The number of fused-ring (bicyclic) bond motifs is 1. The first-order valence-electron chi connectivity index (χ1n) is 13.2. The maximum absolute atomic E-state index is 13.7. The minimum absolute atomic E-state index is 0.0654. The van der Waals surface area contributed by atoms with Crippen LogP contribution in [-0.4, -0.2) is 59.9 Å². The van der Waals surface area contributed by atoms with Gasteiger partial charge in [-0.2, -0.15) is 0 Å². The van der Waals surface area contributed by atoms with Crippen molar-refractivity contribution in [1.29, 1.82) is 0 Å². The van der Waals surface area contributed by atoms with Crippen molar-refractivity contribution in [1.82, 2.24) is 28.6 Å². The van der Waals surface area contributed by atoms with E-state index in [1.807, 2.05) is 54.8 Å². The highest BCUT2D eigenvalue weighted by molar-refractivity contribution is 6.30. The number of likely N-dealkylation sites (N-methyl/N-ethyl adjacent to an activating group) is 1. The van der Waals surface area contributed by atoms with Crippen molar-refractivity contribution < 1.29 is 5.11 Å². The van der Waals surface area contributed by atoms with Crippen LogP contribution in [0, 0.1) is 0 Å². The molecule has 0 aliphatic heterocycles. The molecule has 0 unspecified atom stereocenters. The standard InChI is InChI=1S/C28H35ClN6O3/c1-3-14-35-27(37)25-26(34(28(35)38)15-11-21-5-7-23(29)8-6-21)31-24(20-22-9-12-30-13-10-22)33(25)17-16-32(4-2)18-19-36/h5-10,12-13,36H,3-4,11,14-20H2,1-2H3. The summed E-state index contributed by atoms with van der Waals surface area (Å²) in [5.74, 6) is 0.720. The lowest BCUT2D eigenvalue weighted by molar-refractivity contribution is 0.197. The van der Waals surface area contributed by atoms with Crippen LogP contribution in [0.1, 0.15) is 37.2 Å². The summed E-state index contributed by atoms with van der Waals surface area (Å²) in [5, 5.41) is 10.1. The van der Waals surface area contributed by atoms with Gasteiger partial charge >= 0.3 is 5.69 Å². The van der Waals surface area contributed by atoms with Gasteiger partial charge in [0.2, 0.25) is 0 Å².